The van der Waals surface area contributed by atoms with Crippen LogP contribution in [0.15, 0.2) is 62.5 Å². The van der Waals surface area contributed by atoms with Gasteiger partial charge in [-0.2, -0.15) is 0 Å². The van der Waals surface area contributed by atoms with Gasteiger partial charge in [0.25, 0.3) is 5.56 Å². The van der Waals surface area contributed by atoms with Crippen LogP contribution in [0.25, 0.3) is 0 Å². The maximum absolute atomic E-state index is 12.8. The number of hydrogen-bond donors (Lipinski definition) is 0. The Morgan fingerprint density at radius 1 is 1.24 bits per heavy atom. The molecule has 0 saturated carbocycles. The molecular weight excluding hydrogens is 404 g/mol. The Labute approximate surface area is 157 Å². The highest BCUT2D eigenvalue weighted by Crippen LogP contribution is 2.19. The summed E-state index contributed by atoms with van der Waals surface area (Å²) in [5.74, 6) is 0.575. The molecule has 3 aromatic heterocycles. The molecule has 0 aromatic carbocycles. The molecule has 7 heteroatoms. The fourth-order valence-electron chi connectivity index (χ4n) is 2.45. The van der Waals surface area contributed by atoms with Gasteiger partial charge in [-0.25, -0.2) is 0 Å². The predicted molar refractivity (Wildman–Crippen MR) is 100 cm³/mol. The van der Waals surface area contributed by atoms with Gasteiger partial charge < -0.3 is 13.9 Å². The number of carbonyl (C=O) groups excluding carboxylic acids is 1. The highest BCUT2D eigenvalue weighted by atomic mass is 79.9. The first-order chi connectivity index (χ1) is 12.0. The standard InChI is InChI=1S/C18H17BrN2O3S/c1-13-4-6-16(25-13)11-21(10-15-3-2-8-24-15)18(23)12-20-9-14(19)5-7-17(20)22/h2-9H,10-12H2,1H3. The lowest BCUT2D eigenvalue weighted by atomic mass is 10.3. The third-order valence-electron chi connectivity index (χ3n) is 3.68. The average molecular weight is 421 g/mol. The third-order valence-corrected chi connectivity index (χ3v) is 5.13. The molecule has 0 fully saturated rings. The van der Waals surface area contributed by atoms with Gasteiger partial charge in [-0.15, -0.1) is 11.3 Å². The Hall–Kier alpha value is -2.12. The fraction of sp³-hybridized carbons (Fsp3) is 0.222. The molecule has 3 heterocycles. The number of hydrogen-bond acceptors (Lipinski definition) is 4. The van der Waals surface area contributed by atoms with Gasteiger partial charge in [-0.3, -0.25) is 9.59 Å². The summed E-state index contributed by atoms with van der Waals surface area (Å²) in [5.41, 5.74) is -0.207. The lowest BCUT2D eigenvalue weighted by Crippen LogP contribution is -2.35. The number of thiophene rings is 1. The number of furan rings is 1. The van der Waals surface area contributed by atoms with Crippen molar-refractivity contribution in [2.45, 2.75) is 26.6 Å². The minimum Gasteiger partial charge on any atom is -0.467 e. The fourth-order valence-corrected chi connectivity index (χ4v) is 3.74. The molecule has 3 aromatic rings. The zero-order chi connectivity index (χ0) is 17.8. The number of halogens is 1. The van der Waals surface area contributed by atoms with Gasteiger partial charge in [-0.1, -0.05) is 0 Å². The van der Waals surface area contributed by atoms with Crippen LogP contribution in [0.4, 0.5) is 0 Å². The van der Waals surface area contributed by atoms with Crippen LogP contribution < -0.4 is 5.56 Å². The topological polar surface area (TPSA) is 55.5 Å². The van der Waals surface area contributed by atoms with Crippen LogP contribution in [-0.2, 0) is 24.4 Å². The molecule has 5 nitrogen and oxygen atoms in total. The molecule has 3 rings (SSSR count). The van der Waals surface area contributed by atoms with E-state index in [-0.39, 0.29) is 18.0 Å². The zero-order valence-corrected chi connectivity index (χ0v) is 16.0. The van der Waals surface area contributed by atoms with Gasteiger partial charge in [0.15, 0.2) is 0 Å². The second kappa shape index (κ2) is 7.84. The van der Waals surface area contributed by atoms with Crippen LogP contribution in [0.2, 0.25) is 0 Å². The van der Waals surface area contributed by atoms with Crippen molar-refractivity contribution < 1.29 is 9.21 Å². The zero-order valence-electron chi connectivity index (χ0n) is 13.6. The minimum absolute atomic E-state index is 0.0106. The van der Waals surface area contributed by atoms with Crippen molar-refractivity contribution in [3.8, 4) is 0 Å². The number of pyridine rings is 1. The van der Waals surface area contributed by atoms with E-state index in [9.17, 15) is 9.59 Å². The number of aromatic nitrogens is 1. The minimum atomic E-state index is -0.207. The molecule has 130 valence electrons. The summed E-state index contributed by atoms with van der Waals surface area (Å²) in [6.45, 7) is 2.88. The van der Waals surface area contributed by atoms with Crippen molar-refractivity contribution >= 4 is 33.2 Å². The Morgan fingerprint density at radius 2 is 2.08 bits per heavy atom. The molecule has 0 unspecified atom stereocenters. The summed E-state index contributed by atoms with van der Waals surface area (Å²) >= 11 is 4.99. The molecule has 0 aliphatic carbocycles. The largest absolute Gasteiger partial charge is 0.467 e. The molecule has 25 heavy (non-hydrogen) atoms. The smallest absolute Gasteiger partial charge is 0.251 e. The number of amides is 1. The van der Waals surface area contributed by atoms with Crippen LogP contribution in [0.1, 0.15) is 15.5 Å². The van der Waals surface area contributed by atoms with Crippen LogP contribution in [0.5, 0.6) is 0 Å². The molecule has 0 atom stereocenters. The normalized spacial score (nSPS) is 10.8. The third kappa shape index (κ3) is 4.70. The first-order valence-corrected chi connectivity index (χ1v) is 9.33. The predicted octanol–water partition coefficient (Wildman–Crippen LogP) is 3.80. The van der Waals surface area contributed by atoms with Crippen LogP contribution in [-0.4, -0.2) is 15.4 Å². The van der Waals surface area contributed by atoms with E-state index in [1.54, 1.807) is 40.8 Å². The maximum Gasteiger partial charge on any atom is 0.251 e. The van der Waals surface area contributed by atoms with Crippen molar-refractivity contribution in [3.63, 3.8) is 0 Å². The van der Waals surface area contributed by atoms with Gasteiger partial charge in [0, 0.05) is 26.5 Å². The summed E-state index contributed by atoms with van der Waals surface area (Å²) < 4.78 is 7.54. The lowest BCUT2D eigenvalue weighted by molar-refractivity contribution is -0.133. The Morgan fingerprint density at radius 3 is 2.76 bits per heavy atom. The highest BCUT2D eigenvalue weighted by Gasteiger charge is 2.18. The Kier molecular flexibility index (Phi) is 5.55. The molecule has 0 radical (unpaired) electrons. The van der Waals surface area contributed by atoms with Gasteiger partial charge in [-0.05, 0) is 53.2 Å². The molecule has 1 amide bonds. The van der Waals surface area contributed by atoms with Crippen molar-refractivity contribution in [1.29, 1.82) is 0 Å². The number of carbonyl (C=O) groups is 1. The molecule has 0 bridgehead atoms. The van der Waals surface area contributed by atoms with Crippen LogP contribution in [0, 0.1) is 6.92 Å². The molecule has 0 N–H and O–H groups in total. The SMILES string of the molecule is Cc1ccc(CN(Cc2ccco2)C(=O)Cn2cc(Br)ccc2=O)s1. The van der Waals surface area contributed by atoms with Crippen molar-refractivity contribution in [2.75, 3.05) is 0 Å². The summed E-state index contributed by atoms with van der Waals surface area (Å²) in [5, 5.41) is 0. The lowest BCUT2D eigenvalue weighted by Gasteiger charge is -2.21. The quantitative estimate of drug-likeness (QED) is 0.609. The second-order valence-electron chi connectivity index (χ2n) is 5.65. The Balaban J connectivity index is 1.80. The van der Waals surface area contributed by atoms with E-state index in [4.69, 9.17) is 4.42 Å². The summed E-state index contributed by atoms with van der Waals surface area (Å²) in [6.07, 6.45) is 3.21. The van der Waals surface area contributed by atoms with E-state index in [2.05, 4.69) is 15.9 Å². The molecule has 0 aliphatic heterocycles. The highest BCUT2D eigenvalue weighted by molar-refractivity contribution is 9.10. The van der Waals surface area contributed by atoms with Crippen molar-refractivity contribution in [3.05, 3.63) is 79.2 Å². The van der Waals surface area contributed by atoms with E-state index in [0.717, 1.165) is 9.35 Å². The van der Waals surface area contributed by atoms with Crippen molar-refractivity contribution in [2.24, 2.45) is 0 Å². The second-order valence-corrected chi connectivity index (χ2v) is 7.94. The van der Waals surface area contributed by atoms with E-state index >= 15 is 0 Å². The molecule has 0 spiro atoms. The summed E-state index contributed by atoms with van der Waals surface area (Å²) in [4.78, 5) is 28.8. The van der Waals surface area contributed by atoms with E-state index in [0.29, 0.717) is 18.8 Å². The van der Waals surface area contributed by atoms with Crippen molar-refractivity contribution in [1.82, 2.24) is 9.47 Å². The van der Waals surface area contributed by atoms with Gasteiger partial charge >= 0.3 is 0 Å². The maximum atomic E-state index is 12.8. The number of aryl methyl sites for hydroxylation is 1. The van der Waals surface area contributed by atoms with E-state index in [1.165, 1.54) is 15.5 Å². The van der Waals surface area contributed by atoms with Gasteiger partial charge in [0.2, 0.25) is 5.91 Å². The summed E-state index contributed by atoms with van der Waals surface area (Å²) in [7, 11) is 0. The first-order valence-electron chi connectivity index (χ1n) is 7.73. The average Bonchev–Trinajstić information content (AvgIpc) is 3.22. The molecular formula is C18H17BrN2O3S. The van der Waals surface area contributed by atoms with Crippen LogP contribution >= 0.6 is 27.3 Å². The number of nitrogens with zero attached hydrogens (tertiary/aromatic N) is 2. The molecule has 0 saturated heterocycles. The Bertz CT molecular complexity index is 915. The summed E-state index contributed by atoms with van der Waals surface area (Å²) in [6, 6.07) is 10.8. The van der Waals surface area contributed by atoms with E-state index in [1.807, 2.05) is 25.1 Å². The van der Waals surface area contributed by atoms with Gasteiger partial charge in [0.1, 0.15) is 12.3 Å². The first kappa shape index (κ1) is 17.7. The van der Waals surface area contributed by atoms with Crippen LogP contribution in [0.3, 0.4) is 0 Å². The monoisotopic (exact) mass is 420 g/mol. The van der Waals surface area contributed by atoms with E-state index < -0.39 is 0 Å². The molecule has 0 aliphatic rings. The van der Waals surface area contributed by atoms with Gasteiger partial charge in [0.05, 0.1) is 19.4 Å². The number of rotatable bonds is 6.